The first-order valence-electron chi connectivity index (χ1n) is 15.0. The number of nitrogens with one attached hydrogen (secondary N) is 1. The van der Waals surface area contributed by atoms with E-state index in [0.29, 0.717) is 48.8 Å². The summed E-state index contributed by atoms with van der Waals surface area (Å²) in [5.41, 5.74) is 1.41. The van der Waals surface area contributed by atoms with Gasteiger partial charge in [-0.3, -0.25) is 14.6 Å². The van der Waals surface area contributed by atoms with Crippen LogP contribution >= 0.6 is 0 Å². The lowest BCUT2D eigenvalue weighted by Crippen LogP contribution is -2.54. The second kappa shape index (κ2) is 15.2. The predicted molar refractivity (Wildman–Crippen MR) is 158 cm³/mol. The van der Waals surface area contributed by atoms with Crippen LogP contribution in [0.4, 0.5) is 0 Å². The summed E-state index contributed by atoms with van der Waals surface area (Å²) in [6.45, 7) is 6.71. The van der Waals surface area contributed by atoms with Gasteiger partial charge in [0.2, 0.25) is 5.91 Å². The highest BCUT2D eigenvalue weighted by atomic mass is 16.5. The highest BCUT2D eigenvalue weighted by Gasteiger charge is 2.34. The fraction of sp³-hybridized carbons (Fsp3) is 0.594. The molecule has 1 saturated carbocycles. The third kappa shape index (κ3) is 8.66. The van der Waals surface area contributed by atoms with E-state index >= 15 is 0 Å². The maximum Gasteiger partial charge on any atom is 0.254 e. The van der Waals surface area contributed by atoms with Crippen LogP contribution in [0.1, 0.15) is 68.4 Å². The van der Waals surface area contributed by atoms with Gasteiger partial charge in [0.25, 0.3) is 5.91 Å². The maximum atomic E-state index is 13.7. The Morgan fingerprint density at radius 3 is 2.46 bits per heavy atom. The summed E-state index contributed by atoms with van der Waals surface area (Å²) in [4.78, 5) is 35.2. The molecular weight excluding hydrogens is 520 g/mol. The quantitative estimate of drug-likeness (QED) is 0.325. The fourth-order valence-corrected chi connectivity index (χ4v) is 5.61. The van der Waals surface area contributed by atoms with E-state index in [1.807, 2.05) is 29.2 Å². The summed E-state index contributed by atoms with van der Waals surface area (Å²) in [7, 11) is 3.27. The second-order valence-corrected chi connectivity index (χ2v) is 11.3. The second-order valence-electron chi connectivity index (χ2n) is 11.3. The average Bonchev–Trinajstić information content (AvgIpc) is 3.82. The number of carbonyl (C=O) groups is 2. The molecule has 2 fully saturated rings. The van der Waals surface area contributed by atoms with Crippen molar-refractivity contribution in [1.29, 1.82) is 0 Å². The molecule has 1 aliphatic carbocycles. The van der Waals surface area contributed by atoms with Gasteiger partial charge in [-0.25, -0.2) is 0 Å². The van der Waals surface area contributed by atoms with Gasteiger partial charge >= 0.3 is 0 Å². The lowest BCUT2D eigenvalue weighted by Gasteiger charge is -2.40. The highest BCUT2D eigenvalue weighted by Crippen LogP contribution is 2.31. The molecule has 0 unspecified atom stereocenters. The molecule has 2 amide bonds. The van der Waals surface area contributed by atoms with Gasteiger partial charge in [-0.2, -0.15) is 0 Å². The number of methoxy groups -OCH3 is 2. The highest BCUT2D eigenvalue weighted by molar-refractivity contribution is 5.95. The molecule has 9 heteroatoms. The minimum Gasteiger partial charge on any atom is -0.493 e. The topological polar surface area (TPSA) is 93.2 Å². The smallest absolute Gasteiger partial charge is 0.254 e. The Labute approximate surface area is 244 Å². The summed E-state index contributed by atoms with van der Waals surface area (Å²) in [6, 6.07) is 12.0. The Morgan fingerprint density at radius 2 is 1.83 bits per heavy atom. The number of carbonyl (C=O) groups excluding carboxylic acids is 2. The van der Waals surface area contributed by atoms with Crippen molar-refractivity contribution in [2.45, 2.75) is 83.0 Å². The molecule has 0 spiro atoms. The monoisotopic (exact) mass is 566 g/mol. The zero-order chi connectivity index (χ0) is 29.2. The van der Waals surface area contributed by atoms with Crippen molar-refractivity contribution in [3.05, 3.63) is 53.9 Å². The summed E-state index contributed by atoms with van der Waals surface area (Å²) < 4.78 is 16.5. The number of amides is 2. The Bertz CT molecular complexity index is 1120. The van der Waals surface area contributed by atoms with Crippen LogP contribution < -0.4 is 14.8 Å². The first kappa shape index (κ1) is 30.8. The first-order valence-corrected chi connectivity index (χ1v) is 15.0. The van der Waals surface area contributed by atoms with E-state index in [1.165, 1.54) is 0 Å². The molecule has 224 valence electrons. The van der Waals surface area contributed by atoms with Crippen LogP contribution in [0.5, 0.6) is 11.5 Å². The number of rotatable bonds is 15. The molecule has 2 aromatic rings. The largest absolute Gasteiger partial charge is 0.493 e. The van der Waals surface area contributed by atoms with Crippen molar-refractivity contribution >= 4 is 11.8 Å². The van der Waals surface area contributed by atoms with Crippen LogP contribution in [0.25, 0.3) is 0 Å². The zero-order valence-electron chi connectivity index (χ0n) is 25.0. The zero-order valence-corrected chi connectivity index (χ0v) is 25.0. The van der Waals surface area contributed by atoms with Gasteiger partial charge in [0.05, 0.1) is 20.1 Å². The van der Waals surface area contributed by atoms with Crippen LogP contribution in [0, 0.1) is 0 Å². The van der Waals surface area contributed by atoms with Gasteiger partial charge in [-0.1, -0.05) is 6.07 Å². The number of benzene rings is 1. The number of ether oxygens (including phenoxy) is 3. The van der Waals surface area contributed by atoms with Crippen molar-refractivity contribution in [2.75, 3.05) is 40.5 Å². The number of pyridine rings is 1. The van der Waals surface area contributed by atoms with Crippen LogP contribution in [0.3, 0.4) is 0 Å². The van der Waals surface area contributed by atoms with Gasteiger partial charge in [0, 0.05) is 74.8 Å². The molecule has 1 aromatic heterocycles. The van der Waals surface area contributed by atoms with Crippen LogP contribution in [-0.4, -0.2) is 91.3 Å². The van der Waals surface area contributed by atoms with E-state index in [2.05, 4.69) is 29.0 Å². The molecule has 0 bridgehead atoms. The van der Waals surface area contributed by atoms with Gasteiger partial charge in [-0.15, -0.1) is 0 Å². The molecule has 1 aliphatic heterocycles. The van der Waals surface area contributed by atoms with E-state index in [1.54, 1.807) is 32.5 Å². The number of nitrogens with zero attached hydrogens (tertiary/aromatic N) is 3. The molecule has 9 nitrogen and oxygen atoms in total. The van der Waals surface area contributed by atoms with Crippen molar-refractivity contribution < 1.29 is 23.8 Å². The van der Waals surface area contributed by atoms with Gasteiger partial charge in [0.1, 0.15) is 0 Å². The Hall–Kier alpha value is -3.17. The van der Waals surface area contributed by atoms with E-state index in [4.69, 9.17) is 14.2 Å². The third-order valence-electron chi connectivity index (χ3n) is 7.92. The summed E-state index contributed by atoms with van der Waals surface area (Å²) >= 11 is 0. The van der Waals surface area contributed by atoms with Gasteiger partial charge < -0.3 is 29.3 Å². The van der Waals surface area contributed by atoms with Gasteiger partial charge in [-0.05, 0) is 76.3 Å². The fourth-order valence-electron chi connectivity index (χ4n) is 5.61. The Kier molecular flexibility index (Phi) is 11.4. The Balaban J connectivity index is 1.32. The van der Waals surface area contributed by atoms with E-state index in [0.717, 1.165) is 57.3 Å². The standard InChI is InChI=1S/C32H46N4O5/c1-23(2)36(32(38)24-9-14-29(40-4)30(20-24)41-19-7-18-39-3)28-11-10-25(34-22-28)15-17-35(27-12-13-27)31(37)21-26-8-5-6-16-33-26/h5-6,8-9,14,16,20,23,25,27-28,34H,7,10-13,15,17-19,21-22H2,1-4H3/t25-,28-/m1/s1. The molecular formula is C32H46N4O5. The van der Waals surface area contributed by atoms with E-state index in [-0.39, 0.29) is 23.9 Å². The first-order chi connectivity index (χ1) is 19.9. The number of hydrogen-bond donors (Lipinski definition) is 1. The number of aromatic nitrogens is 1. The van der Waals surface area contributed by atoms with Gasteiger partial charge in [0.15, 0.2) is 11.5 Å². The Morgan fingerprint density at radius 1 is 1.02 bits per heavy atom. The molecule has 4 rings (SSSR count). The lowest BCUT2D eigenvalue weighted by molar-refractivity contribution is -0.131. The predicted octanol–water partition coefficient (Wildman–Crippen LogP) is 4.10. The minimum atomic E-state index is -0.00493. The molecule has 2 heterocycles. The molecule has 2 atom stereocenters. The van der Waals surface area contributed by atoms with Crippen molar-refractivity contribution in [3.63, 3.8) is 0 Å². The third-order valence-corrected chi connectivity index (χ3v) is 7.92. The molecule has 41 heavy (non-hydrogen) atoms. The van der Waals surface area contributed by atoms with Crippen LogP contribution in [0.15, 0.2) is 42.6 Å². The summed E-state index contributed by atoms with van der Waals surface area (Å²) in [5, 5.41) is 3.68. The van der Waals surface area contributed by atoms with Crippen LogP contribution in [-0.2, 0) is 16.0 Å². The SMILES string of the molecule is COCCCOc1cc(C(=O)N(C(C)C)[C@@H]2CC[C@H](CCN(C(=O)Cc3ccccn3)C3CC3)NC2)ccc1OC. The summed E-state index contributed by atoms with van der Waals surface area (Å²) in [6.07, 6.45) is 7.82. The van der Waals surface area contributed by atoms with Crippen molar-refractivity contribution in [1.82, 2.24) is 20.1 Å². The van der Waals surface area contributed by atoms with Crippen molar-refractivity contribution in [2.24, 2.45) is 0 Å². The number of hydrogen-bond acceptors (Lipinski definition) is 7. The molecule has 0 radical (unpaired) electrons. The maximum absolute atomic E-state index is 13.7. The lowest BCUT2D eigenvalue weighted by atomic mass is 9.95. The van der Waals surface area contributed by atoms with Crippen LogP contribution in [0.2, 0.25) is 0 Å². The molecule has 2 aliphatic rings. The average molecular weight is 567 g/mol. The molecule has 1 saturated heterocycles. The molecule has 1 aromatic carbocycles. The van der Waals surface area contributed by atoms with E-state index in [9.17, 15) is 9.59 Å². The van der Waals surface area contributed by atoms with E-state index < -0.39 is 0 Å². The minimum absolute atomic E-state index is 0.00493. The number of piperidine rings is 1. The summed E-state index contributed by atoms with van der Waals surface area (Å²) in [5.74, 6) is 1.33. The molecule has 1 N–H and O–H groups in total. The normalized spacial score (nSPS) is 18.7. The van der Waals surface area contributed by atoms with Crippen molar-refractivity contribution in [3.8, 4) is 11.5 Å².